The van der Waals surface area contributed by atoms with Gasteiger partial charge in [-0.05, 0) is 31.9 Å². The summed E-state index contributed by atoms with van der Waals surface area (Å²) in [6, 6.07) is 9.13. The predicted octanol–water partition coefficient (Wildman–Crippen LogP) is 2.44. The highest BCUT2D eigenvalue weighted by Crippen LogP contribution is 2.16. The van der Waals surface area contributed by atoms with Crippen molar-refractivity contribution in [3.05, 3.63) is 30.3 Å². The number of carbonyl (C=O) groups excluding carboxylic acids is 1. The molecule has 0 N–H and O–H groups in total. The molecule has 104 valence electrons. The zero-order valence-electron chi connectivity index (χ0n) is 11.4. The number of esters is 1. The van der Waals surface area contributed by atoms with Crippen LogP contribution in [0.1, 0.15) is 26.2 Å². The highest BCUT2D eigenvalue weighted by atomic mass is 16.6. The monoisotopic (exact) mass is 263 g/mol. The molecule has 19 heavy (non-hydrogen) atoms. The van der Waals surface area contributed by atoms with E-state index in [1.54, 1.807) is 12.1 Å². The van der Waals surface area contributed by atoms with Crippen LogP contribution in [0.15, 0.2) is 30.3 Å². The number of carbonyl (C=O) groups is 1. The van der Waals surface area contributed by atoms with Crippen molar-refractivity contribution in [2.45, 2.75) is 32.4 Å². The molecule has 0 spiro atoms. The summed E-state index contributed by atoms with van der Waals surface area (Å²) < 4.78 is 10.9. The standard InChI is InChI=1S/C15H21NO3/c1-2-18-14(16-11-7-4-8-12-16)15(17)19-13-9-5-3-6-10-13/h3,5-6,9-10,14H,2,4,7-8,11-12H2,1H3. The van der Waals surface area contributed by atoms with E-state index < -0.39 is 6.23 Å². The molecule has 0 bridgehead atoms. The van der Waals surface area contributed by atoms with Gasteiger partial charge in [-0.1, -0.05) is 24.6 Å². The van der Waals surface area contributed by atoms with Crippen LogP contribution in [0.3, 0.4) is 0 Å². The first-order chi connectivity index (χ1) is 9.31. The molecule has 1 atom stereocenters. The summed E-state index contributed by atoms with van der Waals surface area (Å²) in [5, 5.41) is 0. The van der Waals surface area contributed by atoms with Gasteiger partial charge in [0.05, 0.1) is 0 Å². The molecular weight excluding hydrogens is 242 g/mol. The summed E-state index contributed by atoms with van der Waals surface area (Å²) in [5.41, 5.74) is 0. The van der Waals surface area contributed by atoms with Gasteiger partial charge in [-0.15, -0.1) is 0 Å². The van der Waals surface area contributed by atoms with Crippen molar-refractivity contribution in [1.82, 2.24) is 4.90 Å². The number of likely N-dealkylation sites (tertiary alicyclic amines) is 1. The molecule has 4 heteroatoms. The van der Waals surface area contributed by atoms with E-state index in [0.29, 0.717) is 12.4 Å². The molecule has 0 aromatic heterocycles. The Hall–Kier alpha value is -1.39. The van der Waals surface area contributed by atoms with E-state index in [9.17, 15) is 4.79 Å². The van der Waals surface area contributed by atoms with Crippen molar-refractivity contribution in [1.29, 1.82) is 0 Å². The third-order valence-corrected chi connectivity index (χ3v) is 3.21. The van der Waals surface area contributed by atoms with Crippen molar-refractivity contribution in [3.63, 3.8) is 0 Å². The normalized spacial score (nSPS) is 17.9. The smallest absolute Gasteiger partial charge is 0.356 e. The maximum absolute atomic E-state index is 12.2. The number of piperidine rings is 1. The Morgan fingerprint density at radius 3 is 2.53 bits per heavy atom. The fraction of sp³-hybridized carbons (Fsp3) is 0.533. The molecule has 4 nitrogen and oxygen atoms in total. The molecule has 0 saturated carbocycles. The second kappa shape index (κ2) is 7.26. The lowest BCUT2D eigenvalue weighted by molar-refractivity contribution is -0.162. The van der Waals surface area contributed by atoms with Gasteiger partial charge in [0.15, 0.2) is 0 Å². The zero-order valence-corrected chi connectivity index (χ0v) is 11.4. The molecular formula is C15H21NO3. The molecule has 2 rings (SSSR count). The first-order valence-electron chi connectivity index (χ1n) is 6.93. The molecule has 0 aliphatic carbocycles. The Kier molecular flexibility index (Phi) is 5.36. The highest BCUT2D eigenvalue weighted by molar-refractivity contribution is 5.76. The Morgan fingerprint density at radius 1 is 1.21 bits per heavy atom. The number of rotatable bonds is 5. The van der Waals surface area contributed by atoms with Crippen LogP contribution in [0.2, 0.25) is 0 Å². The van der Waals surface area contributed by atoms with E-state index in [2.05, 4.69) is 4.90 Å². The van der Waals surface area contributed by atoms with Gasteiger partial charge >= 0.3 is 5.97 Å². The Bertz CT molecular complexity index is 388. The average molecular weight is 263 g/mol. The van der Waals surface area contributed by atoms with E-state index in [0.717, 1.165) is 25.9 Å². The zero-order chi connectivity index (χ0) is 13.5. The van der Waals surface area contributed by atoms with E-state index in [1.807, 2.05) is 25.1 Å². The van der Waals surface area contributed by atoms with E-state index in [4.69, 9.17) is 9.47 Å². The minimum atomic E-state index is -0.578. The van der Waals surface area contributed by atoms with Gasteiger partial charge < -0.3 is 9.47 Å². The predicted molar refractivity (Wildman–Crippen MR) is 72.9 cm³/mol. The summed E-state index contributed by atoms with van der Waals surface area (Å²) in [4.78, 5) is 14.3. The third-order valence-electron chi connectivity index (χ3n) is 3.21. The average Bonchev–Trinajstić information content (AvgIpc) is 2.46. The third kappa shape index (κ3) is 4.04. The van der Waals surface area contributed by atoms with Crippen LogP contribution in [0.5, 0.6) is 5.75 Å². The van der Waals surface area contributed by atoms with E-state index in [1.165, 1.54) is 6.42 Å². The highest BCUT2D eigenvalue weighted by Gasteiger charge is 2.29. The van der Waals surface area contributed by atoms with Crippen molar-refractivity contribution in [2.75, 3.05) is 19.7 Å². The van der Waals surface area contributed by atoms with Crippen LogP contribution >= 0.6 is 0 Å². The van der Waals surface area contributed by atoms with Gasteiger partial charge in [0.1, 0.15) is 5.75 Å². The lowest BCUT2D eigenvalue weighted by atomic mass is 10.1. The van der Waals surface area contributed by atoms with Crippen molar-refractivity contribution < 1.29 is 14.3 Å². The Morgan fingerprint density at radius 2 is 1.89 bits per heavy atom. The number of ether oxygens (including phenoxy) is 2. The molecule has 1 heterocycles. The lowest BCUT2D eigenvalue weighted by Gasteiger charge is -2.32. The summed E-state index contributed by atoms with van der Waals surface area (Å²) in [5.74, 6) is 0.240. The van der Waals surface area contributed by atoms with Gasteiger partial charge in [-0.25, -0.2) is 4.79 Å². The molecule has 1 aromatic carbocycles. The molecule has 0 radical (unpaired) electrons. The fourth-order valence-electron chi connectivity index (χ4n) is 2.29. The van der Waals surface area contributed by atoms with Crippen LogP contribution in [-0.4, -0.2) is 36.8 Å². The molecule has 1 aliphatic heterocycles. The number of para-hydroxylation sites is 1. The van der Waals surface area contributed by atoms with Crippen molar-refractivity contribution >= 4 is 5.97 Å². The number of benzene rings is 1. The topological polar surface area (TPSA) is 38.8 Å². The second-order valence-electron chi connectivity index (χ2n) is 4.64. The van der Waals surface area contributed by atoms with Crippen LogP contribution < -0.4 is 4.74 Å². The second-order valence-corrected chi connectivity index (χ2v) is 4.64. The quantitative estimate of drug-likeness (QED) is 0.604. The summed E-state index contributed by atoms with van der Waals surface area (Å²) >= 11 is 0. The Labute approximate surface area is 114 Å². The lowest BCUT2D eigenvalue weighted by Crippen LogP contribution is -2.47. The molecule has 1 aromatic rings. The van der Waals surface area contributed by atoms with E-state index >= 15 is 0 Å². The van der Waals surface area contributed by atoms with Crippen LogP contribution in [-0.2, 0) is 9.53 Å². The van der Waals surface area contributed by atoms with Crippen LogP contribution in [0, 0.1) is 0 Å². The fourth-order valence-corrected chi connectivity index (χ4v) is 2.29. The van der Waals surface area contributed by atoms with Crippen molar-refractivity contribution in [2.24, 2.45) is 0 Å². The first-order valence-corrected chi connectivity index (χ1v) is 6.93. The molecule has 1 aliphatic rings. The van der Waals surface area contributed by atoms with Gasteiger partial charge in [0.25, 0.3) is 0 Å². The largest absolute Gasteiger partial charge is 0.424 e. The first kappa shape index (κ1) is 14.0. The molecule has 1 saturated heterocycles. The Balaban J connectivity index is 1.99. The molecule has 0 amide bonds. The summed E-state index contributed by atoms with van der Waals surface area (Å²) in [6.45, 7) is 4.20. The van der Waals surface area contributed by atoms with Gasteiger partial charge in [0, 0.05) is 19.7 Å². The van der Waals surface area contributed by atoms with Gasteiger partial charge in [0.2, 0.25) is 6.23 Å². The van der Waals surface area contributed by atoms with E-state index in [-0.39, 0.29) is 5.97 Å². The number of hydrogen-bond donors (Lipinski definition) is 0. The van der Waals surface area contributed by atoms with Gasteiger partial charge in [-0.3, -0.25) is 4.90 Å². The summed E-state index contributed by atoms with van der Waals surface area (Å²) in [7, 11) is 0. The van der Waals surface area contributed by atoms with Crippen molar-refractivity contribution in [3.8, 4) is 5.75 Å². The minimum Gasteiger partial charge on any atom is -0.424 e. The molecule has 1 unspecified atom stereocenters. The van der Waals surface area contributed by atoms with Crippen LogP contribution in [0.25, 0.3) is 0 Å². The summed E-state index contributed by atoms with van der Waals surface area (Å²) in [6.07, 6.45) is 2.87. The van der Waals surface area contributed by atoms with Gasteiger partial charge in [-0.2, -0.15) is 0 Å². The molecule has 1 fully saturated rings. The number of nitrogens with zero attached hydrogens (tertiary/aromatic N) is 1. The van der Waals surface area contributed by atoms with Crippen LogP contribution in [0.4, 0.5) is 0 Å². The SMILES string of the molecule is CCOC(C(=O)Oc1ccccc1)N1CCCCC1. The maximum Gasteiger partial charge on any atom is 0.356 e. The number of hydrogen-bond acceptors (Lipinski definition) is 4. The minimum absolute atomic E-state index is 0.324. The maximum atomic E-state index is 12.2.